The summed E-state index contributed by atoms with van der Waals surface area (Å²) in [5.74, 6) is 1.17. The fourth-order valence-corrected chi connectivity index (χ4v) is 6.35. The van der Waals surface area contributed by atoms with Crippen LogP contribution in [0.3, 0.4) is 0 Å². The Balaban J connectivity index is 1.23. The lowest BCUT2D eigenvalue weighted by Crippen LogP contribution is -2.52. The van der Waals surface area contributed by atoms with Gasteiger partial charge in [0, 0.05) is 39.3 Å². The molecule has 2 fully saturated rings. The number of nitrogens with zero attached hydrogens (tertiary/aromatic N) is 3. The number of carbonyl (C=O) groups is 1. The summed E-state index contributed by atoms with van der Waals surface area (Å²) in [7, 11) is -3.50. The summed E-state index contributed by atoms with van der Waals surface area (Å²) in [5, 5.41) is 0. The summed E-state index contributed by atoms with van der Waals surface area (Å²) in [6, 6.07) is 17.8. The topological polar surface area (TPSA) is 60.9 Å². The van der Waals surface area contributed by atoms with Crippen LogP contribution in [0, 0.1) is 5.92 Å². The van der Waals surface area contributed by atoms with Crippen LogP contribution in [0.1, 0.15) is 43.7 Å². The second-order valence-electron chi connectivity index (χ2n) is 9.92. The molecule has 34 heavy (non-hydrogen) atoms. The fourth-order valence-electron chi connectivity index (χ4n) is 4.93. The van der Waals surface area contributed by atoms with Crippen LogP contribution in [-0.4, -0.2) is 74.2 Å². The van der Waals surface area contributed by atoms with Gasteiger partial charge >= 0.3 is 0 Å². The summed E-state index contributed by atoms with van der Waals surface area (Å²) < 4.78 is 27.6. The Kier molecular flexibility index (Phi) is 8.06. The third-order valence-corrected chi connectivity index (χ3v) is 9.12. The minimum absolute atomic E-state index is 0.166. The monoisotopic (exact) mass is 483 g/mol. The largest absolute Gasteiger partial charge is 0.342 e. The van der Waals surface area contributed by atoms with Crippen molar-refractivity contribution < 1.29 is 13.2 Å². The first-order chi connectivity index (χ1) is 16.3. The molecule has 2 aromatic carbocycles. The molecule has 2 aromatic rings. The molecule has 2 saturated heterocycles. The molecule has 0 atom stereocenters. The van der Waals surface area contributed by atoms with Gasteiger partial charge in [0.1, 0.15) is 0 Å². The molecule has 0 N–H and O–H groups in total. The maximum Gasteiger partial charge on any atom is 0.243 e. The quantitative estimate of drug-likeness (QED) is 0.604. The average molecular weight is 484 g/mol. The molecular weight excluding hydrogens is 446 g/mol. The Morgan fingerprint density at radius 3 is 2.09 bits per heavy atom. The van der Waals surface area contributed by atoms with E-state index in [1.165, 1.54) is 5.56 Å². The molecule has 0 unspecified atom stereocenters. The van der Waals surface area contributed by atoms with E-state index in [9.17, 15) is 13.2 Å². The number of amides is 1. The normalized spacial score (nSPS) is 19.0. The minimum atomic E-state index is -3.50. The van der Waals surface area contributed by atoms with Gasteiger partial charge in [0.15, 0.2) is 0 Å². The highest BCUT2D eigenvalue weighted by atomic mass is 32.2. The molecular formula is C27H37N3O3S. The van der Waals surface area contributed by atoms with Gasteiger partial charge in [-0.15, -0.1) is 0 Å². The Morgan fingerprint density at radius 2 is 1.50 bits per heavy atom. The molecule has 0 spiro atoms. The van der Waals surface area contributed by atoms with E-state index in [0.29, 0.717) is 49.5 Å². The highest BCUT2D eigenvalue weighted by molar-refractivity contribution is 7.89. The van der Waals surface area contributed by atoms with Crippen LogP contribution in [0.5, 0.6) is 0 Å². The molecule has 0 aromatic heterocycles. The number of rotatable bonds is 7. The van der Waals surface area contributed by atoms with E-state index in [1.807, 2.05) is 23.1 Å². The van der Waals surface area contributed by atoms with Crippen LogP contribution in [0.15, 0.2) is 59.5 Å². The number of hydrogen-bond donors (Lipinski definition) is 0. The van der Waals surface area contributed by atoms with Gasteiger partial charge in [0.2, 0.25) is 15.9 Å². The van der Waals surface area contributed by atoms with Crippen molar-refractivity contribution in [1.82, 2.24) is 14.1 Å². The molecule has 0 saturated carbocycles. The molecule has 4 rings (SSSR count). The Hall–Kier alpha value is -2.22. The Bertz CT molecular complexity index is 1040. The molecule has 0 bridgehead atoms. The highest BCUT2D eigenvalue weighted by Gasteiger charge is 2.30. The number of sulfonamides is 1. The molecule has 2 aliphatic rings. The summed E-state index contributed by atoms with van der Waals surface area (Å²) in [4.78, 5) is 17.3. The first-order valence-electron chi connectivity index (χ1n) is 12.5. The molecule has 2 heterocycles. The summed E-state index contributed by atoms with van der Waals surface area (Å²) in [6.45, 7) is 8.20. The molecule has 1 amide bonds. The summed E-state index contributed by atoms with van der Waals surface area (Å²) in [6.07, 6.45) is 3.17. The van der Waals surface area contributed by atoms with E-state index in [2.05, 4.69) is 43.0 Å². The molecule has 6 nitrogen and oxygen atoms in total. The predicted octanol–water partition coefficient (Wildman–Crippen LogP) is 3.60. The molecule has 7 heteroatoms. The van der Waals surface area contributed by atoms with Gasteiger partial charge in [0.05, 0.1) is 11.4 Å². The zero-order valence-corrected chi connectivity index (χ0v) is 21.2. The van der Waals surface area contributed by atoms with Crippen molar-refractivity contribution in [2.24, 2.45) is 5.92 Å². The second-order valence-corrected chi connectivity index (χ2v) is 11.9. The number of piperidine rings is 1. The standard InChI is InChI=1S/C27H37N3O3S/c1-22(2)25-8-10-26(11-9-25)34(32,33)30-18-16-28(17-19-30)21-27(31)29-14-12-24(13-15-29)20-23-6-4-3-5-7-23/h3-11,22,24H,12-21H2,1-2H3. The lowest BCUT2D eigenvalue weighted by Gasteiger charge is -2.36. The van der Waals surface area contributed by atoms with Crippen molar-refractivity contribution in [1.29, 1.82) is 0 Å². The summed E-state index contributed by atoms with van der Waals surface area (Å²) >= 11 is 0. The molecule has 0 aliphatic carbocycles. The van der Waals surface area contributed by atoms with Gasteiger partial charge in [-0.05, 0) is 54.4 Å². The SMILES string of the molecule is CC(C)c1ccc(S(=O)(=O)N2CCN(CC(=O)N3CCC(Cc4ccccc4)CC3)CC2)cc1. The van der Waals surface area contributed by atoms with Crippen LogP contribution >= 0.6 is 0 Å². The number of likely N-dealkylation sites (tertiary alicyclic amines) is 1. The van der Waals surface area contributed by atoms with E-state index < -0.39 is 10.0 Å². The van der Waals surface area contributed by atoms with E-state index in [-0.39, 0.29) is 5.91 Å². The number of benzene rings is 2. The van der Waals surface area contributed by atoms with Gasteiger partial charge in [0.25, 0.3) is 0 Å². The first-order valence-corrected chi connectivity index (χ1v) is 13.9. The Morgan fingerprint density at radius 1 is 0.882 bits per heavy atom. The van der Waals surface area contributed by atoms with Crippen molar-refractivity contribution in [3.8, 4) is 0 Å². The lowest BCUT2D eigenvalue weighted by molar-refractivity contribution is -0.134. The average Bonchev–Trinajstić information content (AvgIpc) is 2.85. The number of carbonyl (C=O) groups excluding carboxylic acids is 1. The maximum absolute atomic E-state index is 13.0. The first kappa shape index (κ1) is 24.9. The van der Waals surface area contributed by atoms with Gasteiger partial charge in [-0.3, -0.25) is 9.69 Å². The number of piperazine rings is 1. The lowest BCUT2D eigenvalue weighted by atomic mass is 9.90. The minimum Gasteiger partial charge on any atom is -0.342 e. The van der Waals surface area contributed by atoms with Gasteiger partial charge < -0.3 is 4.90 Å². The fraction of sp³-hybridized carbons (Fsp3) is 0.519. The van der Waals surface area contributed by atoms with Crippen molar-refractivity contribution in [3.05, 3.63) is 65.7 Å². The van der Waals surface area contributed by atoms with Crippen molar-refractivity contribution in [3.63, 3.8) is 0 Å². The van der Waals surface area contributed by atoms with Crippen LogP contribution in [0.2, 0.25) is 0 Å². The smallest absolute Gasteiger partial charge is 0.243 e. The van der Waals surface area contributed by atoms with Crippen molar-refractivity contribution in [2.45, 2.75) is 43.9 Å². The zero-order chi connectivity index (χ0) is 24.1. The zero-order valence-electron chi connectivity index (χ0n) is 20.4. The van der Waals surface area contributed by atoms with Crippen LogP contribution in [0.4, 0.5) is 0 Å². The Labute approximate surface area is 204 Å². The molecule has 184 valence electrons. The van der Waals surface area contributed by atoms with Crippen LogP contribution in [-0.2, 0) is 21.2 Å². The third kappa shape index (κ3) is 6.06. The molecule has 0 radical (unpaired) electrons. The van der Waals surface area contributed by atoms with E-state index in [1.54, 1.807) is 16.4 Å². The maximum atomic E-state index is 13.0. The van der Waals surface area contributed by atoms with Crippen molar-refractivity contribution >= 4 is 15.9 Å². The van der Waals surface area contributed by atoms with Crippen molar-refractivity contribution in [2.75, 3.05) is 45.8 Å². The third-order valence-electron chi connectivity index (χ3n) is 7.21. The van der Waals surface area contributed by atoms with Gasteiger partial charge in [-0.25, -0.2) is 8.42 Å². The predicted molar refractivity (Wildman–Crippen MR) is 135 cm³/mol. The van der Waals surface area contributed by atoms with E-state index in [4.69, 9.17) is 0 Å². The second kappa shape index (κ2) is 11.0. The van der Waals surface area contributed by atoms with E-state index in [0.717, 1.165) is 37.9 Å². The van der Waals surface area contributed by atoms with Gasteiger partial charge in [-0.1, -0.05) is 56.3 Å². The molecule has 2 aliphatic heterocycles. The highest BCUT2D eigenvalue weighted by Crippen LogP contribution is 2.23. The van der Waals surface area contributed by atoms with Gasteiger partial charge in [-0.2, -0.15) is 4.31 Å². The number of hydrogen-bond acceptors (Lipinski definition) is 4. The van der Waals surface area contributed by atoms with Crippen LogP contribution in [0.25, 0.3) is 0 Å². The van der Waals surface area contributed by atoms with Crippen LogP contribution < -0.4 is 0 Å². The summed E-state index contributed by atoms with van der Waals surface area (Å²) in [5.41, 5.74) is 2.50. The van der Waals surface area contributed by atoms with E-state index >= 15 is 0 Å².